The monoisotopic (exact) mass is 619 g/mol. The van der Waals surface area contributed by atoms with Crippen LogP contribution in [0.3, 0.4) is 0 Å². The molecule has 1 atom stereocenters. The molecule has 1 aliphatic heterocycles. The summed E-state index contributed by atoms with van der Waals surface area (Å²) >= 11 is 3.29. The maximum Gasteiger partial charge on any atom is 0.243 e. The molecular formula is C27H30BrN3O5S2. The van der Waals surface area contributed by atoms with Gasteiger partial charge in [0.2, 0.25) is 26.0 Å². The van der Waals surface area contributed by atoms with Gasteiger partial charge in [-0.25, -0.2) is 16.8 Å². The van der Waals surface area contributed by atoms with Crippen LogP contribution in [0.2, 0.25) is 0 Å². The quantitative estimate of drug-likeness (QED) is 0.358. The zero-order chi connectivity index (χ0) is 27.2. The molecule has 0 aliphatic carbocycles. The van der Waals surface area contributed by atoms with Crippen molar-refractivity contribution in [2.45, 2.75) is 48.1 Å². The first-order valence-corrected chi connectivity index (χ1v) is 16.1. The van der Waals surface area contributed by atoms with Gasteiger partial charge >= 0.3 is 0 Å². The SMILES string of the molecule is O=C(NCc1ccc(S(=O)(=O)N2CCCCC2)cc1)[C@@H](Cc1ccccc1)NS(=O)(=O)c1ccc(Br)cc1. The maximum atomic E-state index is 13.2. The zero-order valence-electron chi connectivity index (χ0n) is 20.7. The highest BCUT2D eigenvalue weighted by Gasteiger charge is 2.27. The number of carbonyl (C=O) groups excluding carboxylic acids is 1. The predicted molar refractivity (Wildman–Crippen MR) is 149 cm³/mol. The third-order valence-corrected chi connectivity index (χ3v) is 10.3. The van der Waals surface area contributed by atoms with Gasteiger partial charge < -0.3 is 5.32 Å². The number of halogens is 1. The Morgan fingerprint density at radius 3 is 2.03 bits per heavy atom. The van der Waals surface area contributed by atoms with Gasteiger partial charge in [-0.2, -0.15) is 9.03 Å². The molecule has 4 rings (SSSR count). The summed E-state index contributed by atoms with van der Waals surface area (Å²) in [5.41, 5.74) is 1.50. The molecule has 3 aromatic rings. The highest BCUT2D eigenvalue weighted by Crippen LogP contribution is 2.21. The van der Waals surface area contributed by atoms with Crippen molar-refractivity contribution in [1.82, 2.24) is 14.3 Å². The number of nitrogens with zero attached hydrogens (tertiary/aromatic N) is 1. The topological polar surface area (TPSA) is 113 Å². The van der Waals surface area contributed by atoms with E-state index in [1.165, 1.54) is 16.4 Å². The number of carbonyl (C=O) groups is 1. The van der Waals surface area contributed by atoms with Crippen molar-refractivity contribution < 1.29 is 21.6 Å². The van der Waals surface area contributed by atoms with E-state index >= 15 is 0 Å². The van der Waals surface area contributed by atoms with E-state index in [1.807, 2.05) is 30.3 Å². The van der Waals surface area contributed by atoms with Gasteiger partial charge in [0.15, 0.2) is 0 Å². The lowest BCUT2D eigenvalue weighted by Gasteiger charge is -2.25. The lowest BCUT2D eigenvalue weighted by molar-refractivity contribution is -0.122. The van der Waals surface area contributed by atoms with Crippen LogP contribution >= 0.6 is 15.9 Å². The Balaban J connectivity index is 1.45. The van der Waals surface area contributed by atoms with Crippen LogP contribution in [0.5, 0.6) is 0 Å². The van der Waals surface area contributed by atoms with Crippen LogP contribution in [-0.4, -0.2) is 46.2 Å². The normalized spacial score (nSPS) is 15.6. The first-order chi connectivity index (χ1) is 18.1. The standard InChI is InChI=1S/C27H30BrN3O5S2/c28-23-11-15-24(16-12-23)37(33,34)30-26(19-21-7-3-1-4-8-21)27(32)29-20-22-9-13-25(14-10-22)38(35,36)31-17-5-2-6-18-31/h1,3-4,7-16,26,30H,2,5-6,17-20H2,(H,29,32)/t26-/m1/s1. The van der Waals surface area contributed by atoms with Crippen molar-refractivity contribution in [2.75, 3.05) is 13.1 Å². The summed E-state index contributed by atoms with van der Waals surface area (Å²) < 4.78 is 56.6. The molecule has 11 heteroatoms. The number of rotatable bonds is 10. The minimum Gasteiger partial charge on any atom is -0.351 e. The fraction of sp³-hybridized carbons (Fsp3) is 0.296. The van der Waals surface area contributed by atoms with E-state index in [2.05, 4.69) is 26.0 Å². The molecule has 8 nitrogen and oxygen atoms in total. The number of sulfonamides is 2. The Kier molecular flexibility index (Phi) is 9.37. The van der Waals surface area contributed by atoms with Gasteiger partial charge in [0.05, 0.1) is 9.79 Å². The highest BCUT2D eigenvalue weighted by atomic mass is 79.9. The van der Waals surface area contributed by atoms with Crippen LogP contribution in [0.4, 0.5) is 0 Å². The number of hydrogen-bond acceptors (Lipinski definition) is 5. The van der Waals surface area contributed by atoms with Gasteiger partial charge in [-0.1, -0.05) is 64.8 Å². The van der Waals surface area contributed by atoms with Crippen LogP contribution in [0.25, 0.3) is 0 Å². The first kappa shape index (κ1) is 28.4. The molecule has 1 amide bonds. The van der Waals surface area contributed by atoms with Gasteiger partial charge in [-0.15, -0.1) is 0 Å². The van der Waals surface area contributed by atoms with E-state index in [1.54, 1.807) is 36.4 Å². The van der Waals surface area contributed by atoms with Crippen molar-refractivity contribution >= 4 is 41.9 Å². The largest absolute Gasteiger partial charge is 0.351 e. The van der Waals surface area contributed by atoms with Crippen molar-refractivity contribution in [3.05, 3.63) is 94.5 Å². The second-order valence-electron chi connectivity index (χ2n) is 9.14. The van der Waals surface area contributed by atoms with E-state index in [9.17, 15) is 21.6 Å². The number of amides is 1. The Morgan fingerprint density at radius 1 is 0.789 bits per heavy atom. The first-order valence-electron chi connectivity index (χ1n) is 12.3. The van der Waals surface area contributed by atoms with E-state index in [4.69, 9.17) is 0 Å². The van der Waals surface area contributed by atoms with Crippen molar-refractivity contribution in [3.63, 3.8) is 0 Å². The van der Waals surface area contributed by atoms with E-state index in [-0.39, 0.29) is 22.8 Å². The van der Waals surface area contributed by atoms with E-state index in [0.717, 1.165) is 29.3 Å². The molecule has 1 fully saturated rings. The molecule has 0 unspecified atom stereocenters. The minimum absolute atomic E-state index is 0.0528. The molecule has 202 valence electrons. The zero-order valence-corrected chi connectivity index (χ0v) is 23.9. The second kappa shape index (κ2) is 12.5. The van der Waals surface area contributed by atoms with Crippen molar-refractivity contribution in [3.8, 4) is 0 Å². The van der Waals surface area contributed by atoms with Gasteiger partial charge in [-0.05, 0) is 66.8 Å². The number of piperidine rings is 1. The van der Waals surface area contributed by atoms with E-state index in [0.29, 0.717) is 18.7 Å². The summed E-state index contributed by atoms with van der Waals surface area (Å²) in [4.78, 5) is 13.4. The Labute approximate surface area is 232 Å². The van der Waals surface area contributed by atoms with Crippen LogP contribution < -0.4 is 10.0 Å². The minimum atomic E-state index is -3.96. The predicted octanol–water partition coefficient (Wildman–Crippen LogP) is 3.83. The molecule has 0 radical (unpaired) electrons. The molecule has 38 heavy (non-hydrogen) atoms. The summed E-state index contributed by atoms with van der Waals surface area (Å²) in [6.07, 6.45) is 2.92. The summed E-state index contributed by atoms with van der Waals surface area (Å²) in [5, 5.41) is 2.79. The molecule has 1 aliphatic rings. The molecule has 1 heterocycles. The summed E-state index contributed by atoms with van der Waals surface area (Å²) in [7, 11) is -7.50. The average Bonchev–Trinajstić information content (AvgIpc) is 2.93. The van der Waals surface area contributed by atoms with Crippen molar-refractivity contribution in [1.29, 1.82) is 0 Å². The fourth-order valence-corrected chi connectivity index (χ4v) is 7.23. The van der Waals surface area contributed by atoms with Crippen LogP contribution in [0.15, 0.2) is 93.1 Å². The third kappa shape index (κ3) is 7.29. The van der Waals surface area contributed by atoms with Gasteiger partial charge in [0.1, 0.15) is 6.04 Å². The molecule has 0 aromatic heterocycles. The average molecular weight is 621 g/mol. The summed E-state index contributed by atoms with van der Waals surface area (Å²) in [5.74, 6) is -0.487. The molecule has 0 bridgehead atoms. The second-order valence-corrected chi connectivity index (χ2v) is 13.7. The Bertz CT molecular complexity index is 1440. The maximum absolute atomic E-state index is 13.2. The van der Waals surface area contributed by atoms with Gasteiger partial charge in [0.25, 0.3) is 0 Å². The summed E-state index contributed by atoms with van der Waals surface area (Å²) in [6, 6.07) is 20.7. The fourth-order valence-electron chi connectivity index (χ4n) is 4.25. The smallest absolute Gasteiger partial charge is 0.243 e. The lowest BCUT2D eigenvalue weighted by atomic mass is 10.1. The number of benzene rings is 3. The summed E-state index contributed by atoms with van der Waals surface area (Å²) in [6.45, 7) is 1.17. The Morgan fingerprint density at radius 2 is 1.39 bits per heavy atom. The number of nitrogens with one attached hydrogen (secondary N) is 2. The molecular weight excluding hydrogens is 590 g/mol. The molecule has 0 spiro atoms. The Hall–Kier alpha value is -2.57. The van der Waals surface area contributed by atoms with Gasteiger partial charge in [0, 0.05) is 24.1 Å². The van der Waals surface area contributed by atoms with Crippen LogP contribution in [-0.2, 0) is 37.8 Å². The highest BCUT2D eigenvalue weighted by molar-refractivity contribution is 9.10. The molecule has 2 N–H and O–H groups in total. The molecule has 3 aromatic carbocycles. The number of hydrogen-bond donors (Lipinski definition) is 2. The lowest BCUT2D eigenvalue weighted by Crippen LogP contribution is -2.47. The molecule has 1 saturated heterocycles. The van der Waals surface area contributed by atoms with Crippen LogP contribution in [0, 0.1) is 0 Å². The molecule has 0 saturated carbocycles. The van der Waals surface area contributed by atoms with Gasteiger partial charge in [-0.3, -0.25) is 4.79 Å². The van der Waals surface area contributed by atoms with Crippen molar-refractivity contribution in [2.24, 2.45) is 0 Å². The van der Waals surface area contributed by atoms with E-state index < -0.39 is 32.0 Å². The third-order valence-electron chi connectivity index (χ3n) is 6.36. The van der Waals surface area contributed by atoms with Crippen LogP contribution in [0.1, 0.15) is 30.4 Å².